The van der Waals surface area contributed by atoms with E-state index in [2.05, 4.69) is 258 Å². The van der Waals surface area contributed by atoms with Gasteiger partial charge in [-0.05, 0) is 128 Å². The number of hydrogen-bond donors (Lipinski definition) is 0. The predicted octanol–water partition coefficient (Wildman–Crippen LogP) is 18.1. The van der Waals surface area contributed by atoms with Gasteiger partial charge in [-0.2, -0.15) is 0 Å². The maximum Gasteiger partial charge on any atom is 0.0462 e. The summed E-state index contributed by atoms with van der Waals surface area (Å²) in [6.45, 7) is 15.0. The van der Waals surface area contributed by atoms with E-state index < -0.39 is 0 Å². The summed E-state index contributed by atoms with van der Waals surface area (Å²) in [5.74, 6) is 0.940. The summed E-state index contributed by atoms with van der Waals surface area (Å²) in [4.78, 5) is 2.29. The lowest BCUT2D eigenvalue weighted by atomic mass is 9.84. The van der Waals surface area contributed by atoms with Gasteiger partial charge < -0.3 is 4.90 Å². The molecule has 0 bridgehead atoms. The molecule has 1 unspecified atom stereocenters. The molecule has 6 aromatic rings. The van der Waals surface area contributed by atoms with E-state index in [-0.39, 0.29) is 0 Å². The van der Waals surface area contributed by atoms with Gasteiger partial charge in [0, 0.05) is 17.1 Å². The molecule has 2 aliphatic carbocycles. The van der Waals surface area contributed by atoms with Crippen molar-refractivity contribution in [3.05, 3.63) is 250 Å². The summed E-state index contributed by atoms with van der Waals surface area (Å²) < 4.78 is 0. The smallest absolute Gasteiger partial charge is 0.0462 e. The maximum atomic E-state index is 2.32. The molecule has 0 spiro atoms. The van der Waals surface area contributed by atoms with Crippen molar-refractivity contribution in [3.8, 4) is 0 Å². The molecule has 0 aliphatic heterocycles. The number of nitrogens with zero attached hydrogens (tertiary/aromatic N) is 1. The first-order valence-electron chi connectivity index (χ1n) is 22.6. The molecule has 0 saturated carbocycles. The van der Waals surface area contributed by atoms with E-state index in [0.717, 1.165) is 17.1 Å². The largest absolute Gasteiger partial charge is 0.311 e. The van der Waals surface area contributed by atoms with Crippen molar-refractivity contribution in [3.63, 3.8) is 0 Å². The summed E-state index contributed by atoms with van der Waals surface area (Å²) in [6.07, 6.45) is 26.9. The Bertz CT molecular complexity index is 2370. The lowest BCUT2D eigenvalue weighted by Crippen LogP contribution is -2.09. The van der Waals surface area contributed by atoms with Crippen LogP contribution in [0.5, 0.6) is 0 Å². The molecule has 0 fully saturated rings. The van der Waals surface area contributed by atoms with Crippen LogP contribution in [0, 0.1) is 13.8 Å². The van der Waals surface area contributed by atoms with Crippen molar-refractivity contribution in [1.82, 2.24) is 0 Å². The summed E-state index contributed by atoms with van der Waals surface area (Å²) in [7, 11) is 0. The van der Waals surface area contributed by atoms with E-state index >= 15 is 0 Å². The molecule has 2 atom stereocenters. The Morgan fingerprint density at radius 2 is 0.806 bits per heavy atom. The lowest BCUT2D eigenvalue weighted by molar-refractivity contribution is 0.624. The highest BCUT2D eigenvalue weighted by Crippen LogP contribution is 2.35. The standard InChI is InChI=1S/C37H35N.C15H16.C7H10.C2H6/c1-28-14-24-36(25-15-28)38(35-12-8-5-9-13-35)37-26-20-32(21-27-37)17-16-31-18-22-34(23-19-31)30(3)29(2)33-10-6-4-7-11-33;1-13-7-9-15(10-8-13)12-11-14-5-3-2-4-6-14;1-7-5-3-2-4-6-7;1-2/h4-27,29-30H,1-3H3;3,5-12H,2,4H2,1H3;3,5-6H,2,4H2,1H3;1-2H3/b17-16+;12-11+;;/t29-,30?;;;/m1.../s1. The van der Waals surface area contributed by atoms with Crippen molar-refractivity contribution < 1.29 is 0 Å². The molecule has 6 aromatic carbocycles. The minimum absolute atomic E-state index is 0.462. The average Bonchev–Trinajstić information content (AvgIpc) is 3.34. The summed E-state index contributed by atoms with van der Waals surface area (Å²) in [6, 6.07) is 56.4. The fourth-order valence-corrected chi connectivity index (χ4v) is 7.26. The van der Waals surface area contributed by atoms with E-state index in [9.17, 15) is 0 Å². The van der Waals surface area contributed by atoms with Gasteiger partial charge in [0.15, 0.2) is 0 Å². The molecule has 1 nitrogen and oxygen atoms in total. The third kappa shape index (κ3) is 14.9. The number of benzene rings is 6. The number of aryl methyl sites for hydroxylation is 2. The zero-order chi connectivity index (χ0) is 43.9. The van der Waals surface area contributed by atoms with Crippen molar-refractivity contribution >= 4 is 35.3 Å². The van der Waals surface area contributed by atoms with Crippen LogP contribution < -0.4 is 4.90 Å². The molecular formula is C61H67N. The van der Waals surface area contributed by atoms with Gasteiger partial charge in [-0.25, -0.2) is 0 Å². The second-order valence-electron chi connectivity index (χ2n) is 15.9. The van der Waals surface area contributed by atoms with E-state index in [4.69, 9.17) is 0 Å². The van der Waals surface area contributed by atoms with Gasteiger partial charge in [0.2, 0.25) is 0 Å². The molecular weight excluding hydrogens is 747 g/mol. The predicted molar refractivity (Wildman–Crippen MR) is 275 cm³/mol. The summed E-state index contributed by atoms with van der Waals surface area (Å²) in [5.41, 5.74) is 15.2. The Morgan fingerprint density at radius 1 is 0.403 bits per heavy atom. The third-order valence-corrected chi connectivity index (χ3v) is 11.2. The molecule has 2 aliphatic rings. The number of hydrogen-bond acceptors (Lipinski definition) is 1. The van der Waals surface area contributed by atoms with Crippen LogP contribution >= 0.6 is 0 Å². The Balaban J connectivity index is 0.000000246. The zero-order valence-corrected chi connectivity index (χ0v) is 38.2. The van der Waals surface area contributed by atoms with Crippen molar-refractivity contribution in [2.24, 2.45) is 0 Å². The normalized spacial score (nSPS) is 13.9. The van der Waals surface area contributed by atoms with Gasteiger partial charge >= 0.3 is 0 Å². The molecule has 62 heavy (non-hydrogen) atoms. The van der Waals surface area contributed by atoms with Crippen LogP contribution in [0.15, 0.2) is 211 Å². The first-order valence-corrected chi connectivity index (χ1v) is 22.6. The highest BCUT2D eigenvalue weighted by atomic mass is 15.1. The first kappa shape index (κ1) is 46.6. The monoisotopic (exact) mass is 814 g/mol. The molecule has 0 amide bonds. The van der Waals surface area contributed by atoms with E-state index in [0.29, 0.717) is 11.8 Å². The quantitative estimate of drug-likeness (QED) is 0.125. The van der Waals surface area contributed by atoms with Gasteiger partial charge in [-0.3, -0.25) is 0 Å². The average molecular weight is 814 g/mol. The fourth-order valence-electron chi connectivity index (χ4n) is 7.26. The number of para-hydroxylation sites is 1. The molecule has 0 aromatic heterocycles. The van der Waals surface area contributed by atoms with Gasteiger partial charge in [0.25, 0.3) is 0 Å². The van der Waals surface area contributed by atoms with Crippen LogP contribution in [0.25, 0.3) is 18.2 Å². The molecule has 0 heterocycles. The second kappa shape index (κ2) is 25.4. The van der Waals surface area contributed by atoms with E-state index in [1.807, 2.05) is 13.8 Å². The van der Waals surface area contributed by atoms with Gasteiger partial charge in [0.1, 0.15) is 0 Å². The van der Waals surface area contributed by atoms with Crippen LogP contribution in [-0.2, 0) is 0 Å². The Kier molecular flexibility index (Phi) is 19.1. The summed E-state index contributed by atoms with van der Waals surface area (Å²) in [5, 5.41) is 0. The molecule has 0 saturated heterocycles. The maximum absolute atomic E-state index is 2.32. The minimum Gasteiger partial charge on any atom is -0.311 e. The zero-order valence-electron chi connectivity index (χ0n) is 38.2. The Labute approximate surface area is 374 Å². The molecule has 0 N–H and O–H groups in total. The molecule has 0 radical (unpaired) electrons. The minimum atomic E-state index is 0.462. The van der Waals surface area contributed by atoms with Crippen LogP contribution in [0.1, 0.15) is 111 Å². The fraction of sp³-hybridized carbons (Fsp3) is 0.213. The number of anilines is 3. The van der Waals surface area contributed by atoms with Crippen molar-refractivity contribution in [2.75, 3.05) is 4.90 Å². The molecule has 8 rings (SSSR count). The Hall–Kier alpha value is -6.44. The van der Waals surface area contributed by atoms with E-state index in [1.54, 1.807) is 0 Å². The highest BCUT2D eigenvalue weighted by Gasteiger charge is 2.16. The van der Waals surface area contributed by atoms with Crippen molar-refractivity contribution in [2.45, 2.75) is 86.0 Å². The lowest BCUT2D eigenvalue weighted by Gasteiger charge is -2.25. The third-order valence-electron chi connectivity index (χ3n) is 11.2. The van der Waals surface area contributed by atoms with Gasteiger partial charge in [-0.15, -0.1) is 0 Å². The second-order valence-corrected chi connectivity index (χ2v) is 15.9. The van der Waals surface area contributed by atoms with Crippen LogP contribution in [0.2, 0.25) is 0 Å². The van der Waals surface area contributed by atoms with Gasteiger partial charge in [-0.1, -0.05) is 226 Å². The van der Waals surface area contributed by atoms with E-state index in [1.165, 1.54) is 75.8 Å². The SMILES string of the molecule is CC.CC1=CCCC=C1.Cc1ccc(/C=C/C2=CCCC=C2)cc1.Cc1ccc(N(c2ccccc2)c2ccc(/C=C/c3ccc(C(C)[C@@H](C)c4ccccc4)cc3)cc2)cc1. The van der Waals surface area contributed by atoms with Crippen molar-refractivity contribution in [1.29, 1.82) is 0 Å². The Morgan fingerprint density at radius 3 is 1.27 bits per heavy atom. The topological polar surface area (TPSA) is 3.24 Å². The highest BCUT2D eigenvalue weighted by molar-refractivity contribution is 5.78. The first-order chi connectivity index (χ1) is 30.3. The van der Waals surface area contributed by atoms with Crippen LogP contribution in [0.4, 0.5) is 17.1 Å². The summed E-state index contributed by atoms with van der Waals surface area (Å²) >= 11 is 0. The molecule has 316 valence electrons. The van der Waals surface area contributed by atoms with Gasteiger partial charge in [0.05, 0.1) is 0 Å². The number of allylic oxidation sites excluding steroid dienone is 9. The van der Waals surface area contributed by atoms with Crippen LogP contribution in [-0.4, -0.2) is 0 Å². The number of rotatable bonds is 10. The molecule has 1 heteroatoms. The van der Waals surface area contributed by atoms with Crippen LogP contribution in [0.3, 0.4) is 0 Å².